The molecule has 0 unspecified atom stereocenters. The molecule has 9 heteroatoms. The van der Waals surface area contributed by atoms with E-state index in [0.29, 0.717) is 44.5 Å². The Morgan fingerprint density at radius 3 is 2.38 bits per heavy atom. The average Bonchev–Trinajstić information content (AvgIpc) is 3.13. The summed E-state index contributed by atoms with van der Waals surface area (Å²) in [7, 11) is 1.61. The second kappa shape index (κ2) is 8.85. The van der Waals surface area contributed by atoms with E-state index in [0.717, 1.165) is 11.3 Å². The van der Waals surface area contributed by atoms with Crippen LogP contribution in [-0.2, 0) is 6.54 Å². The number of fused-ring (bicyclic) bond motifs is 2. The van der Waals surface area contributed by atoms with Gasteiger partial charge in [-0.05, 0) is 48.0 Å². The van der Waals surface area contributed by atoms with Crippen molar-refractivity contribution in [3.8, 4) is 11.4 Å². The van der Waals surface area contributed by atoms with Crippen LogP contribution < -0.4 is 15.8 Å². The molecule has 5 rings (SSSR count). The Morgan fingerprint density at radius 1 is 1.00 bits per heavy atom. The van der Waals surface area contributed by atoms with E-state index >= 15 is 0 Å². The molecule has 0 bridgehead atoms. The van der Waals surface area contributed by atoms with Crippen molar-refractivity contribution in [1.82, 2.24) is 19.9 Å². The van der Waals surface area contributed by atoms with Crippen molar-refractivity contribution < 1.29 is 9.53 Å². The molecule has 2 aromatic heterocycles. The minimum absolute atomic E-state index is 0.205. The molecule has 0 aliphatic rings. The van der Waals surface area contributed by atoms with E-state index in [1.165, 1.54) is 0 Å². The molecular formula is C25H19Cl2N5O2. The first kappa shape index (κ1) is 22.0. The zero-order valence-corrected chi connectivity index (χ0v) is 19.6. The highest BCUT2D eigenvalue weighted by molar-refractivity contribution is 6.42. The second-order valence-electron chi connectivity index (χ2n) is 7.61. The summed E-state index contributed by atoms with van der Waals surface area (Å²) in [6.07, 6.45) is 0. The molecule has 7 nitrogen and oxygen atoms in total. The Morgan fingerprint density at radius 2 is 1.71 bits per heavy atom. The van der Waals surface area contributed by atoms with Gasteiger partial charge in [0.25, 0.3) is 5.91 Å². The molecule has 34 heavy (non-hydrogen) atoms. The Bertz CT molecular complexity index is 1550. The molecule has 3 aromatic carbocycles. The number of rotatable bonds is 5. The fourth-order valence-electron chi connectivity index (χ4n) is 3.79. The lowest BCUT2D eigenvalue weighted by molar-refractivity contribution is 0.0953. The molecule has 5 aromatic rings. The number of hydrogen-bond acceptors (Lipinski definition) is 5. The second-order valence-corrected chi connectivity index (χ2v) is 8.42. The summed E-state index contributed by atoms with van der Waals surface area (Å²) in [5.41, 5.74) is 10.5. The van der Waals surface area contributed by atoms with Crippen LogP contribution >= 0.6 is 23.2 Å². The summed E-state index contributed by atoms with van der Waals surface area (Å²) in [4.78, 5) is 22.8. The molecule has 0 fully saturated rings. The van der Waals surface area contributed by atoms with Crippen LogP contribution in [0.1, 0.15) is 15.9 Å². The summed E-state index contributed by atoms with van der Waals surface area (Å²) in [5.74, 6) is 0.587. The maximum Gasteiger partial charge on any atom is 0.257 e. The van der Waals surface area contributed by atoms with Gasteiger partial charge in [0.1, 0.15) is 22.6 Å². The molecule has 0 atom stereocenters. The molecule has 1 amide bonds. The zero-order valence-electron chi connectivity index (χ0n) is 18.0. The third-order valence-electron chi connectivity index (χ3n) is 5.50. The van der Waals surface area contributed by atoms with Crippen LogP contribution in [0, 0.1) is 0 Å². The fraction of sp³-hybridized carbons (Fsp3) is 0.0800. The Hall–Kier alpha value is -3.81. The van der Waals surface area contributed by atoms with Crippen molar-refractivity contribution in [1.29, 1.82) is 0 Å². The highest BCUT2D eigenvalue weighted by Gasteiger charge is 2.25. The number of halogens is 2. The van der Waals surface area contributed by atoms with Gasteiger partial charge in [-0.2, -0.15) is 0 Å². The van der Waals surface area contributed by atoms with Gasteiger partial charge < -0.3 is 15.8 Å². The van der Waals surface area contributed by atoms with E-state index in [-0.39, 0.29) is 17.3 Å². The minimum Gasteiger partial charge on any atom is -0.497 e. The van der Waals surface area contributed by atoms with Crippen LogP contribution in [0.4, 0.5) is 5.82 Å². The van der Waals surface area contributed by atoms with Crippen LogP contribution in [0.3, 0.4) is 0 Å². The molecule has 0 aliphatic carbocycles. The maximum absolute atomic E-state index is 13.3. The van der Waals surface area contributed by atoms with Gasteiger partial charge in [0.05, 0.1) is 33.9 Å². The zero-order chi connectivity index (χ0) is 23.8. The first-order valence-corrected chi connectivity index (χ1v) is 11.1. The Labute approximate surface area is 205 Å². The highest BCUT2D eigenvalue weighted by atomic mass is 35.5. The van der Waals surface area contributed by atoms with Crippen LogP contribution in [0.15, 0.2) is 66.7 Å². The quantitative estimate of drug-likeness (QED) is 0.343. The van der Waals surface area contributed by atoms with Gasteiger partial charge in [0.2, 0.25) is 0 Å². The van der Waals surface area contributed by atoms with Gasteiger partial charge in [0.15, 0.2) is 5.65 Å². The molecule has 0 radical (unpaired) electrons. The van der Waals surface area contributed by atoms with Crippen molar-refractivity contribution in [3.63, 3.8) is 0 Å². The van der Waals surface area contributed by atoms with Crippen LogP contribution in [0.5, 0.6) is 5.75 Å². The molecule has 2 heterocycles. The number of benzene rings is 3. The lowest BCUT2D eigenvalue weighted by Crippen LogP contribution is -2.24. The molecule has 0 aliphatic heterocycles. The summed E-state index contributed by atoms with van der Waals surface area (Å²) in [6, 6.07) is 20.0. The van der Waals surface area contributed by atoms with Crippen molar-refractivity contribution in [2.24, 2.45) is 0 Å². The molecule has 170 valence electrons. The number of amides is 1. The number of hydrogen-bond donors (Lipinski definition) is 2. The number of carbonyl (C=O) groups is 1. The maximum atomic E-state index is 13.3. The number of anilines is 1. The third-order valence-corrected chi connectivity index (χ3v) is 6.24. The number of nitrogens with one attached hydrogen (secondary N) is 1. The van der Waals surface area contributed by atoms with E-state index in [2.05, 4.69) is 5.32 Å². The summed E-state index contributed by atoms with van der Waals surface area (Å²) < 4.78 is 6.85. The number of ether oxygens (including phenoxy) is 1. The predicted octanol–water partition coefficient (Wildman–Crippen LogP) is 5.40. The summed E-state index contributed by atoms with van der Waals surface area (Å²) in [5, 5.41) is 3.70. The van der Waals surface area contributed by atoms with Gasteiger partial charge in [-0.3, -0.25) is 9.36 Å². The van der Waals surface area contributed by atoms with Crippen molar-refractivity contribution in [2.45, 2.75) is 6.54 Å². The SMILES string of the molecule is COc1ccc(CNC(=O)c2c(N)n(-c3ccc(Cl)c(Cl)c3)c3nc4ccccc4nc23)cc1. The average molecular weight is 492 g/mol. The van der Waals surface area contributed by atoms with Gasteiger partial charge >= 0.3 is 0 Å². The monoisotopic (exact) mass is 491 g/mol. The molecular weight excluding hydrogens is 473 g/mol. The third kappa shape index (κ3) is 3.89. The van der Waals surface area contributed by atoms with E-state index in [1.807, 2.05) is 48.5 Å². The molecule has 3 N–H and O–H groups in total. The Balaban J connectivity index is 1.62. The number of nitrogens with two attached hydrogens (primary N) is 1. The van der Waals surface area contributed by atoms with Crippen LogP contribution in [0.2, 0.25) is 10.0 Å². The van der Waals surface area contributed by atoms with E-state index < -0.39 is 0 Å². The molecule has 0 saturated carbocycles. The topological polar surface area (TPSA) is 95.1 Å². The van der Waals surface area contributed by atoms with E-state index in [9.17, 15) is 4.79 Å². The van der Waals surface area contributed by atoms with Crippen molar-refractivity contribution in [2.75, 3.05) is 12.8 Å². The van der Waals surface area contributed by atoms with Crippen LogP contribution in [-0.4, -0.2) is 27.6 Å². The van der Waals surface area contributed by atoms with Crippen LogP contribution in [0.25, 0.3) is 27.9 Å². The minimum atomic E-state index is -0.360. The smallest absolute Gasteiger partial charge is 0.257 e. The lowest BCUT2D eigenvalue weighted by atomic mass is 10.2. The predicted molar refractivity (Wildman–Crippen MR) is 135 cm³/mol. The largest absolute Gasteiger partial charge is 0.497 e. The number of nitrogens with zero attached hydrogens (tertiary/aromatic N) is 3. The highest BCUT2D eigenvalue weighted by Crippen LogP contribution is 2.33. The van der Waals surface area contributed by atoms with Crippen molar-refractivity contribution in [3.05, 3.63) is 87.9 Å². The standard InChI is InChI=1S/C25H19Cl2N5O2/c1-34-16-9-6-14(7-10-16)13-29-25(33)21-22-24(31-20-5-3-2-4-19(20)30-22)32(23(21)28)15-8-11-17(26)18(27)12-15/h2-12H,13,28H2,1H3,(H,29,33). The normalized spacial score (nSPS) is 11.1. The van der Waals surface area contributed by atoms with E-state index in [1.54, 1.807) is 29.9 Å². The fourth-order valence-corrected chi connectivity index (χ4v) is 4.08. The first-order valence-electron chi connectivity index (χ1n) is 10.4. The Kier molecular flexibility index (Phi) is 5.73. The molecule has 0 spiro atoms. The van der Waals surface area contributed by atoms with Gasteiger partial charge in [-0.25, -0.2) is 9.97 Å². The van der Waals surface area contributed by atoms with E-state index in [4.69, 9.17) is 43.6 Å². The van der Waals surface area contributed by atoms with Gasteiger partial charge in [0, 0.05) is 6.54 Å². The van der Waals surface area contributed by atoms with Gasteiger partial charge in [-0.1, -0.05) is 47.5 Å². The van der Waals surface area contributed by atoms with Gasteiger partial charge in [-0.15, -0.1) is 0 Å². The van der Waals surface area contributed by atoms with Crippen molar-refractivity contribution >= 4 is 57.1 Å². The number of aromatic nitrogens is 3. The number of para-hydroxylation sites is 2. The lowest BCUT2D eigenvalue weighted by Gasteiger charge is -2.09. The number of carbonyl (C=O) groups excluding carboxylic acids is 1. The first-order chi connectivity index (χ1) is 16.5. The number of nitrogen functional groups attached to an aromatic ring is 1. The number of methoxy groups -OCH3 is 1. The summed E-state index contributed by atoms with van der Waals surface area (Å²) in [6.45, 7) is 0.308. The summed E-state index contributed by atoms with van der Waals surface area (Å²) >= 11 is 12.4. The molecule has 0 saturated heterocycles.